The van der Waals surface area contributed by atoms with Gasteiger partial charge in [0, 0.05) is 31.1 Å². The van der Waals surface area contributed by atoms with Crippen LogP contribution in [0.3, 0.4) is 0 Å². The van der Waals surface area contributed by atoms with Crippen molar-refractivity contribution in [2.24, 2.45) is 5.92 Å². The summed E-state index contributed by atoms with van der Waals surface area (Å²) in [6.45, 7) is 4.71. The third-order valence-electron chi connectivity index (χ3n) is 2.52. The van der Waals surface area contributed by atoms with Crippen molar-refractivity contribution in [3.63, 3.8) is 0 Å². The molecule has 0 aliphatic heterocycles. The average molecular weight is 269 g/mol. The summed E-state index contributed by atoms with van der Waals surface area (Å²) in [6, 6.07) is 1.40. The van der Waals surface area contributed by atoms with Crippen molar-refractivity contribution >= 4 is 11.6 Å². The van der Waals surface area contributed by atoms with Gasteiger partial charge in [0.1, 0.15) is 5.82 Å². The van der Waals surface area contributed by atoms with Crippen molar-refractivity contribution in [2.45, 2.75) is 20.4 Å². The van der Waals surface area contributed by atoms with Gasteiger partial charge in [-0.1, -0.05) is 13.8 Å². The molecule has 1 aromatic carbocycles. The highest BCUT2D eigenvalue weighted by molar-refractivity contribution is 5.54. The summed E-state index contributed by atoms with van der Waals surface area (Å²) in [4.78, 5) is 4.01. The summed E-state index contributed by atoms with van der Waals surface area (Å²) >= 11 is 0. The van der Waals surface area contributed by atoms with E-state index in [1.54, 1.807) is 10.8 Å². The zero-order chi connectivity index (χ0) is 14.0. The Kier molecular flexibility index (Phi) is 3.78. The van der Waals surface area contributed by atoms with E-state index in [0.29, 0.717) is 24.5 Å². The second kappa shape index (κ2) is 5.34. The number of aromatic nitrogens is 2. The molecule has 0 saturated carbocycles. The van der Waals surface area contributed by atoms with Crippen LogP contribution in [0.25, 0.3) is 0 Å². The summed E-state index contributed by atoms with van der Waals surface area (Å²) in [5, 5.41) is 2.60. The van der Waals surface area contributed by atoms with Crippen LogP contribution >= 0.6 is 0 Å². The second-order valence-corrected chi connectivity index (χ2v) is 4.67. The van der Waals surface area contributed by atoms with Crippen LogP contribution in [0.5, 0.6) is 0 Å². The molecule has 0 amide bonds. The minimum atomic E-state index is -1.23. The number of hydrogen-bond acceptors (Lipinski definition) is 2. The standard InChI is InChI=1S/C13H14F3N3/c1-8(2)7-19-4-3-17-13(19)18-11-6-9(14)5-10(15)12(11)16/h3-6,8H,7H2,1-2H3,(H,17,18). The average Bonchev–Trinajstić information content (AvgIpc) is 2.72. The largest absolute Gasteiger partial charge is 0.323 e. The Morgan fingerprint density at radius 3 is 2.68 bits per heavy atom. The maximum absolute atomic E-state index is 13.5. The van der Waals surface area contributed by atoms with Crippen molar-refractivity contribution in [2.75, 3.05) is 5.32 Å². The van der Waals surface area contributed by atoms with Crippen LogP contribution in [0.4, 0.5) is 24.8 Å². The predicted octanol–water partition coefficient (Wildman–Crippen LogP) is 3.70. The molecule has 1 aromatic heterocycles. The predicted molar refractivity (Wildman–Crippen MR) is 66.7 cm³/mol. The van der Waals surface area contributed by atoms with E-state index in [1.807, 2.05) is 13.8 Å². The number of benzene rings is 1. The highest BCUT2D eigenvalue weighted by Crippen LogP contribution is 2.23. The number of imidazole rings is 1. The molecule has 1 N–H and O–H groups in total. The minimum absolute atomic E-state index is 0.270. The van der Waals surface area contributed by atoms with Gasteiger partial charge in [-0.2, -0.15) is 0 Å². The first kappa shape index (κ1) is 13.5. The highest BCUT2D eigenvalue weighted by Gasteiger charge is 2.13. The summed E-state index contributed by atoms with van der Waals surface area (Å²) in [5.41, 5.74) is -0.270. The normalized spacial score (nSPS) is 11.1. The summed E-state index contributed by atoms with van der Waals surface area (Å²) in [5.74, 6) is -2.49. The third kappa shape index (κ3) is 3.07. The van der Waals surface area contributed by atoms with E-state index in [-0.39, 0.29) is 5.69 Å². The quantitative estimate of drug-likeness (QED) is 0.858. The molecule has 0 aliphatic rings. The smallest absolute Gasteiger partial charge is 0.207 e. The van der Waals surface area contributed by atoms with E-state index in [2.05, 4.69) is 10.3 Å². The first-order valence-corrected chi connectivity index (χ1v) is 5.90. The SMILES string of the molecule is CC(C)Cn1ccnc1Nc1cc(F)cc(F)c1F. The van der Waals surface area contributed by atoms with E-state index in [9.17, 15) is 13.2 Å². The van der Waals surface area contributed by atoms with Crippen LogP contribution in [0.15, 0.2) is 24.5 Å². The van der Waals surface area contributed by atoms with Crippen LogP contribution in [-0.4, -0.2) is 9.55 Å². The fourth-order valence-electron chi connectivity index (χ4n) is 1.74. The van der Waals surface area contributed by atoms with Crippen molar-refractivity contribution < 1.29 is 13.2 Å². The van der Waals surface area contributed by atoms with E-state index in [0.717, 1.165) is 6.07 Å². The molecule has 102 valence electrons. The summed E-state index contributed by atoms with van der Waals surface area (Å²) < 4.78 is 41.5. The molecule has 1 heterocycles. The van der Waals surface area contributed by atoms with Crippen LogP contribution in [-0.2, 0) is 6.54 Å². The zero-order valence-corrected chi connectivity index (χ0v) is 10.6. The molecule has 0 radical (unpaired) electrons. The van der Waals surface area contributed by atoms with E-state index in [4.69, 9.17) is 0 Å². The fraction of sp³-hybridized carbons (Fsp3) is 0.308. The van der Waals surface area contributed by atoms with Crippen molar-refractivity contribution in [3.8, 4) is 0 Å². The minimum Gasteiger partial charge on any atom is -0.323 e. The molecular weight excluding hydrogens is 255 g/mol. The monoisotopic (exact) mass is 269 g/mol. The van der Waals surface area contributed by atoms with Crippen LogP contribution in [0.2, 0.25) is 0 Å². The maximum Gasteiger partial charge on any atom is 0.207 e. The van der Waals surface area contributed by atoms with Crippen LogP contribution < -0.4 is 5.32 Å². The van der Waals surface area contributed by atoms with Gasteiger partial charge in [0.05, 0.1) is 5.69 Å². The zero-order valence-electron chi connectivity index (χ0n) is 10.6. The third-order valence-corrected chi connectivity index (χ3v) is 2.52. The first-order valence-electron chi connectivity index (χ1n) is 5.90. The lowest BCUT2D eigenvalue weighted by Gasteiger charge is -2.12. The van der Waals surface area contributed by atoms with Gasteiger partial charge in [0.25, 0.3) is 0 Å². The Morgan fingerprint density at radius 2 is 2.00 bits per heavy atom. The van der Waals surface area contributed by atoms with Crippen LogP contribution in [0, 0.1) is 23.4 Å². The molecule has 0 fully saturated rings. The molecule has 3 nitrogen and oxygen atoms in total. The second-order valence-electron chi connectivity index (χ2n) is 4.67. The first-order chi connectivity index (χ1) is 8.97. The Bertz CT molecular complexity index is 579. The van der Waals surface area contributed by atoms with E-state index in [1.165, 1.54) is 6.20 Å². The van der Waals surface area contributed by atoms with Gasteiger partial charge in [-0.15, -0.1) is 0 Å². The molecule has 0 unspecified atom stereocenters. The highest BCUT2D eigenvalue weighted by atomic mass is 19.2. The molecule has 6 heteroatoms. The van der Waals surface area contributed by atoms with Gasteiger partial charge in [-0.25, -0.2) is 18.2 Å². The van der Waals surface area contributed by atoms with Crippen molar-refractivity contribution in [3.05, 3.63) is 42.0 Å². The topological polar surface area (TPSA) is 29.9 Å². The Hall–Kier alpha value is -1.98. The maximum atomic E-state index is 13.5. The van der Waals surface area contributed by atoms with Crippen molar-refractivity contribution in [1.82, 2.24) is 9.55 Å². The molecule has 0 bridgehead atoms. The van der Waals surface area contributed by atoms with E-state index < -0.39 is 17.5 Å². The van der Waals surface area contributed by atoms with Gasteiger partial charge >= 0.3 is 0 Å². The fourth-order valence-corrected chi connectivity index (χ4v) is 1.74. The number of hydrogen-bond donors (Lipinski definition) is 1. The molecule has 2 rings (SSSR count). The van der Waals surface area contributed by atoms with E-state index >= 15 is 0 Å². The number of nitrogens with zero attached hydrogens (tertiary/aromatic N) is 2. The molecule has 2 aromatic rings. The number of nitrogens with one attached hydrogen (secondary N) is 1. The van der Waals surface area contributed by atoms with Gasteiger partial charge in [-0.05, 0) is 5.92 Å². The van der Waals surface area contributed by atoms with Gasteiger partial charge < -0.3 is 9.88 Å². The van der Waals surface area contributed by atoms with Gasteiger partial charge in [0.2, 0.25) is 5.95 Å². The molecular formula is C13H14F3N3. The van der Waals surface area contributed by atoms with Gasteiger partial charge in [0.15, 0.2) is 11.6 Å². The number of halogens is 3. The molecule has 0 atom stereocenters. The Labute approximate surface area is 109 Å². The lowest BCUT2D eigenvalue weighted by Crippen LogP contribution is -2.08. The Balaban J connectivity index is 2.29. The molecule has 0 aliphatic carbocycles. The molecule has 0 spiro atoms. The Morgan fingerprint density at radius 1 is 1.26 bits per heavy atom. The van der Waals surface area contributed by atoms with Crippen LogP contribution in [0.1, 0.15) is 13.8 Å². The lowest BCUT2D eigenvalue weighted by molar-refractivity contribution is 0.497. The molecule has 19 heavy (non-hydrogen) atoms. The lowest BCUT2D eigenvalue weighted by atomic mass is 10.2. The number of anilines is 2. The molecule has 0 saturated heterocycles. The van der Waals surface area contributed by atoms with Gasteiger partial charge in [-0.3, -0.25) is 0 Å². The van der Waals surface area contributed by atoms with Crippen molar-refractivity contribution in [1.29, 1.82) is 0 Å². The number of rotatable bonds is 4. The summed E-state index contributed by atoms with van der Waals surface area (Å²) in [6.07, 6.45) is 3.26. The summed E-state index contributed by atoms with van der Waals surface area (Å²) in [7, 11) is 0.